The summed E-state index contributed by atoms with van der Waals surface area (Å²) in [6.07, 6.45) is 5.24. The van der Waals surface area contributed by atoms with Crippen LogP contribution in [0.1, 0.15) is 44.1 Å². The number of benzene rings is 1. The summed E-state index contributed by atoms with van der Waals surface area (Å²) in [5, 5.41) is 8.10. The first kappa shape index (κ1) is 18.3. The van der Waals surface area contributed by atoms with Gasteiger partial charge in [-0.05, 0) is 56.9 Å². The lowest BCUT2D eigenvalue weighted by molar-refractivity contribution is 0.0824. The first-order valence-electron chi connectivity index (χ1n) is 10.00. The molecule has 1 aromatic heterocycles. The van der Waals surface area contributed by atoms with Crippen molar-refractivity contribution in [2.75, 3.05) is 19.9 Å². The molecule has 1 aromatic carbocycles. The Bertz CT molecular complexity index is 761. The Morgan fingerprint density at radius 2 is 2.15 bits per heavy atom. The molecule has 0 bridgehead atoms. The van der Waals surface area contributed by atoms with E-state index in [0.29, 0.717) is 18.8 Å². The van der Waals surface area contributed by atoms with Gasteiger partial charge in [0, 0.05) is 37.9 Å². The zero-order chi connectivity index (χ0) is 18.6. The molecule has 3 atom stereocenters. The number of ether oxygens (including phenoxy) is 3. The van der Waals surface area contributed by atoms with E-state index in [0.717, 1.165) is 50.5 Å². The second-order valence-corrected chi connectivity index (χ2v) is 7.45. The smallest absolute Gasteiger partial charge is 0.231 e. The monoisotopic (exact) mass is 371 g/mol. The van der Waals surface area contributed by atoms with Crippen LogP contribution in [0.25, 0.3) is 0 Å². The molecule has 0 spiro atoms. The van der Waals surface area contributed by atoms with E-state index in [1.54, 1.807) is 0 Å². The van der Waals surface area contributed by atoms with Crippen LogP contribution in [0.2, 0.25) is 0 Å². The molecule has 3 heterocycles. The van der Waals surface area contributed by atoms with Gasteiger partial charge in [-0.15, -0.1) is 0 Å². The van der Waals surface area contributed by atoms with E-state index in [1.165, 1.54) is 11.3 Å². The van der Waals surface area contributed by atoms with Crippen LogP contribution in [0.4, 0.5) is 0 Å². The summed E-state index contributed by atoms with van der Waals surface area (Å²) in [6.45, 7) is 7.40. The number of aryl methyl sites for hydroxylation is 2. The lowest BCUT2D eigenvalue weighted by atomic mass is 9.98. The van der Waals surface area contributed by atoms with Crippen LogP contribution in [0, 0.1) is 5.92 Å². The molecule has 1 saturated heterocycles. The third-order valence-corrected chi connectivity index (χ3v) is 5.59. The normalized spacial score (nSPS) is 22.3. The predicted molar refractivity (Wildman–Crippen MR) is 103 cm³/mol. The number of fused-ring (bicyclic) bond motifs is 1. The van der Waals surface area contributed by atoms with E-state index in [9.17, 15) is 0 Å². The highest BCUT2D eigenvalue weighted by Crippen LogP contribution is 2.34. The summed E-state index contributed by atoms with van der Waals surface area (Å²) in [4.78, 5) is 0. The van der Waals surface area contributed by atoms with Crippen molar-refractivity contribution < 1.29 is 14.2 Å². The van der Waals surface area contributed by atoms with Crippen molar-refractivity contribution in [1.82, 2.24) is 15.1 Å². The number of hydrogen-bond donors (Lipinski definition) is 1. The SMILES string of the molecule is CCn1nccc1[C@@H]1OCC[C@H]1CN[C@@H](C)CCc1ccc2c(c1)OCO2. The van der Waals surface area contributed by atoms with Crippen LogP contribution in [-0.2, 0) is 17.7 Å². The fraction of sp³-hybridized carbons (Fsp3) is 0.571. The molecule has 1 N–H and O–H groups in total. The van der Waals surface area contributed by atoms with Crippen molar-refractivity contribution >= 4 is 0 Å². The van der Waals surface area contributed by atoms with E-state index < -0.39 is 0 Å². The number of nitrogens with one attached hydrogen (secondary N) is 1. The Balaban J connectivity index is 1.27. The first-order valence-corrected chi connectivity index (χ1v) is 10.00. The standard InChI is InChI=1S/C21H29N3O3/c1-3-24-18(8-10-23-24)21-17(9-11-25-21)13-22-15(2)4-5-16-6-7-19-20(12-16)27-14-26-19/h6-8,10,12,15,17,21-22H,3-5,9,11,13-14H2,1-2H3/t15-,17-,21+/m0/s1. The minimum absolute atomic E-state index is 0.154. The van der Waals surface area contributed by atoms with E-state index >= 15 is 0 Å². The van der Waals surface area contributed by atoms with Crippen LogP contribution >= 0.6 is 0 Å². The van der Waals surface area contributed by atoms with E-state index in [1.807, 2.05) is 16.9 Å². The third-order valence-electron chi connectivity index (χ3n) is 5.59. The maximum atomic E-state index is 6.03. The molecule has 27 heavy (non-hydrogen) atoms. The molecule has 2 aromatic rings. The molecule has 2 aliphatic rings. The number of aromatic nitrogens is 2. The fourth-order valence-electron chi connectivity index (χ4n) is 3.95. The van der Waals surface area contributed by atoms with Crippen LogP contribution < -0.4 is 14.8 Å². The highest BCUT2D eigenvalue weighted by molar-refractivity contribution is 5.44. The molecule has 0 aliphatic carbocycles. The Labute approximate surface area is 160 Å². The number of rotatable bonds is 8. The minimum atomic E-state index is 0.154. The van der Waals surface area contributed by atoms with Crippen molar-refractivity contribution in [3.8, 4) is 11.5 Å². The molecule has 0 radical (unpaired) electrons. The molecule has 4 rings (SSSR count). The Morgan fingerprint density at radius 1 is 1.26 bits per heavy atom. The van der Waals surface area contributed by atoms with Crippen LogP contribution in [0.5, 0.6) is 11.5 Å². The van der Waals surface area contributed by atoms with Crippen LogP contribution in [-0.4, -0.2) is 35.8 Å². The summed E-state index contributed by atoms with van der Waals surface area (Å²) in [5.41, 5.74) is 2.50. The zero-order valence-electron chi connectivity index (χ0n) is 16.2. The quantitative estimate of drug-likeness (QED) is 0.771. The average molecular weight is 371 g/mol. The van der Waals surface area contributed by atoms with Gasteiger partial charge in [0.05, 0.1) is 5.69 Å². The predicted octanol–water partition coefficient (Wildman–Crippen LogP) is 3.32. The molecule has 0 unspecified atom stereocenters. The first-order chi connectivity index (χ1) is 13.2. The summed E-state index contributed by atoms with van der Waals surface area (Å²) in [5.74, 6) is 2.22. The van der Waals surface area contributed by atoms with Crippen LogP contribution in [0.15, 0.2) is 30.5 Å². The second kappa shape index (κ2) is 8.31. The van der Waals surface area contributed by atoms with Gasteiger partial charge in [-0.1, -0.05) is 6.07 Å². The number of hydrogen-bond acceptors (Lipinski definition) is 5. The Kier molecular flexibility index (Phi) is 5.64. The van der Waals surface area contributed by atoms with Gasteiger partial charge in [-0.25, -0.2) is 0 Å². The molecule has 0 amide bonds. The lowest BCUT2D eigenvalue weighted by Gasteiger charge is -2.22. The average Bonchev–Trinajstić information content (AvgIpc) is 3.43. The Morgan fingerprint density at radius 3 is 3.04 bits per heavy atom. The van der Waals surface area contributed by atoms with E-state index in [4.69, 9.17) is 14.2 Å². The number of nitrogens with zero attached hydrogens (tertiary/aromatic N) is 2. The summed E-state index contributed by atoms with van der Waals surface area (Å²) < 4.78 is 18.9. The largest absolute Gasteiger partial charge is 0.454 e. The molecule has 6 heteroatoms. The van der Waals surface area contributed by atoms with Gasteiger partial charge in [0.1, 0.15) is 6.10 Å². The van der Waals surface area contributed by atoms with Gasteiger partial charge in [0.15, 0.2) is 11.5 Å². The highest BCUT2D eigenvalue weighted by Gasteiger charge is 2.31. The molecule has 1 fully saturated rings. The van der Waals surface area contributed by atoms with Crippen molar-refractivity contribution in [3.63, 3.8) is 0 Å². The topological polar surface area (TPSA) is 57.5 Å². The van der Waals surface area contributed by atoms with E-state index in [-0.39, 0.29) is 6.10 Å². The van der Waals surface area contributed by atoms with Gasteiger partial charge < -0.3 is 19.5 Å². The van der Waals surface area contributed by atoms with Gasteiger partial charge in [0.25, 0.3) is 0 Å². The van der Waals surface area contributed by atoms with Gasteiger partial charge in [-0.2, -0.15) is 5.10 Å². The summed E-state index contributed by atoms with van der Waals surface area (Å²) >= 11 is 0. The van der Waals surface area contributed by atoms with Crippen LogP contribution in [0.3, 0.4) is 0 Å². The lowest BCUT2D eigenvalue weighted by Crippen LogP contribution is -2.33. The highest BCUT2D eigenvalue weighted by atomic mass is 16.7. The van der Waals surface area contributed by atoms with Crippen molar-refractivity contribution in [2.24, 2.45) is 5.92 Å². The maximum absolute atomic E-state index is 6.03. The van der Waals surface area contributed by atoms with Gasteiger partial charge >= 0.3 is 0 Å². The molecule has 0 saturated carbocycles. The molecule has 146 valence electrons. The Hall–Kier alpha value is -2.05. The fourth-order valence-corrected chi connectivity index (χ4v) is 3.95. The van der Waals surface area contributed by atoms with Gasteiger partial charge in [-0.3, -0.25) is 4.68 Å². The zero-order valence-corrected chi connectivity index (χ0v) is 16.2. The summed E-state index contributed by atoms with van der Waals surface area (Å²) in [6, 6.07) is 8.78. The molecule has 6 nitrogen and oxygen atoms in total. The minimum Gasteiger partial charge on any atom is -0.454 e. The van der Waals surface area contributed by atoms with Crippen molar-refractivity contribution in [1.29, 1.82) is 0 Å². The second-order valence-electron chi connectivity index (χ2n) is 7.45. The molecular formula is C21H29N3O3. The maximum Gasteiger partial charge on any atom is 0.231 e. The van der Waals surface area contributed by atoms with Gasteiger partial charge in [0.2, 0.25) is 6.79 Å². The third kappa shape index (κ3) is 4.12. The van der Waals surface area contributed by atoms with Crippen molar-refractivity contribution in [3.05, 3.63) is 41.7 Å². The summed E-state index contributed by atoms with van der Waals surface area (Å²) in [7, 11) is 0. The molecule has 2 aliphatic heterocycles. The van der Waals surface area contributed by atoms with Crippen molar-refractivity contribution in [2.45, 2.75) is 51.8 Å². The molecular weight excluding hydrogens is 342 g/mol. The van der Waals surface area contributed by atoms with E-state index in [2.05, 4.69) is 42.5 Å².